The molecule has 1 saturated heterocycles. The molecule has 7 nitrogen and oxygen atoms in total. The van der Waals surface area contributed by atoms with Crippen LogP contribution in [0, 0.1) is 0 Å². The molecule has 1 aromatic rings. The second kappa shape index (κ2) is 6.33. The molecule has 1 amide bonds. The number of nitrogens with two attached hydrogens (primary N) is 1. The molecule has 1 fully saturated rings. The summed E-state index contributed by atoms with van der Waals surface area (Å²) in [7, 11) is 0. The van der Waals surface area contributed by atoms with Crippen LogP contribution in [0.25, 0.3) is 0 Å². The van der Waals surface area contributed by atoms with Gasteiger partial charge in [0.25, 0.3) is 0 Å². The second-order valence-corrected chi connectivity index (χ2v) is 4.36. The number of carbonyl (C=O) groups excluding carboxylic acids is 1. The Morgan fingerprint density at radius 2 is 2.42 bits per heavy atom. The van der Waals surface area contributed by atoms with Crippen molar-refractivity contribution >= 4 is 17.5 Å². The fourth-order valence-electron chi connectivity index (χ4n) is 1.94. The molecule has 0 spiro atoms. The van der Waals surface area contributed by atoms with E-state index in [1.165, 1.54) is 0 Å². The van der Waals surface area contributed by atoms with Crippen molar-refractivity contribution in [2.75, 3.05) is 24.2 Å². The van der Waals surface area contributed by atoms with Crippen molar-refractivity contribution in [3.05, 3.63) is 11.9 Å². The van der Waals surface area contributed by atoms with Gasteiger partial charge < -0.3 is 21.1 Å². The maximum atomic E-state index is 11.7. The van der Waals surface area contributed by atoms with Crippen molar-refractivity contribution < 1.29 is 9.53 Å². The van der Waals surface area contributed by atoms with E-state index >= 15 is 0 Å². The molecular weight excluding hydrogens is 246 g/mol. The van der Waals surface area contributed by atoms with Crippen molar-refractivity contribution in [3.8, 4) is 0 Å². The summed E-state index contributed by atoms with van der Waals surface area (Å²) in [6.07, 6.45) is 1.74. The lowest BCUT2D eigenvalue weighted by atomic mass is 10.1. The van der Waals surface area contributed by atoms with Crippen molar-refractivity contribution in [2.45, 2.75) is 32.4 Å². The Labute approximate surface area is 111 Å². The van der Waals surface area contributed by atoms with Crippen molar-refractivity contribution in [1.29, 1.82) is 0 Å². The minimum atomic E-state index is -0.261. The molecule has 1 aromatic heterocycles. The van der Waals surface area contributed by atoms with Crippen LogP contribution in [0.2, 0.25) is 0 Å². The number of amides is 1. The van der Waals surface area contributed by atoms with E-state index in [0.29, 0.717) is 30.7 Å². The van der Waals surface area contributed by atoms with E-state index in [-0.39, 0.29) is 11.9 Å². The van der Waals surface area contributed by atoms with Crippen LogP contribution in [0.1, 0.15) is 25.6 Å². The smallest absolute Gasteiger partial charge is 0.242 e. The monoisotopic (exact) mass is 265 g/mol. The van der Waals surface area contributed by atoms with Crippen molar-refractivity contribution in [3.63, 3.8) is 0 Å². The molecule has 0 aliphatic carbocycles. The molecule has 1 aliphatic rings. The van der Waals surface area contributed by atoms with E-state index in [2.05, 4.69) is 20.6 Å². The van der Waals surface area contributed by atoms with Gasteiger partial charge in [0.2, 0.25) is 5.91 Å². The third kappa shape index (κ3) is 3.78. The summed E-state index contributed by atoms with van der Waals surface area (Å²) in [5.41, 5.74) is 5.72. The van der Waals surface area contributed by atoms with Crippen LogP contribution >= 0.6 is 0 Å². The van der Waals surface area contributed by atoms with Crippen LogP contribution in [-0.2, 0) is 16.1 Å². The standard InChI is InChI=1S/C12H19N5O2/c1-2-19-7-11-16-9(13)6-10(17-11)15-8-4-3-5-14-12(8)18/h6,8H,2-5,7H2,1H3,(H,14,18)(H3,13,15,16,17). The zero-order chi connectivity index (χ0) is 13.7. The average Bonchev–Trinajstić information content (AvgIpc) is 2.38. The lowest BCUT2D eigenvalue weighted by molar-refractivity contribution is -0.123. The van der Waals surface area contributed by atoms with E-state index in [0.717, 1.165) is 19.4 Å². The SMILES string of the molecule is CCOCc1nc(N)cc(NC2CCCNC2=O)n1. The van der Waals surface area contributed by atoms with Gasteiger partial charge in [-0.1, -0.05) is 0 Å². The summed E-state index contributed by atoms with van der Waals surface area (Å²) in [6.45, 7) is 3.54. The highest BCUT2D eigenvalue weighted by atomic mass is 16.5. The number of hydrogen-bond donors (Lipinski definition) is 3. The summed E-state index contributed by atoms with van der Waals surface area (Å²) in [6, 6.07) is 1.36. The summed E-state index contributed by atoms with van der Waals surface area (Å²) in [4.78, 5) is 20.0. The van der Waals surface area contributed by atoms with Gasteiger partial charge in [-0.2, -0.15) is 0 Å². The van der Waals surface area contributed by atoms with Crippen LogP contribution in [0.4, 0.5) is 11.6 Å². The normalized spacial score (nSPS) is 19.0. The van der Waals surface area contributed by atoms with E-state index in [4.69, 9.17) is 10.5 Å². The van der Waals surface area contributed by atoms with Crippen LogP contribution in [0.15, 0.2) is 6.07 Å². The first-order valence-corrected chi connectivity index (χ1v) is 6.44. The number of ether oxygens (including phenoxy) is 1. The number of piperidine rings is 1. The van der Waals surface area contributed by atoms with Gasteiger partial charge in [0.1, 0.15) is 24.3 Å². The number of nitrogens with zero attached hydrogens (tertiary/aromatic N) is 2. The number of nitrogens with one attached hydrogen (secondary N) is 2. The predicted octanol–water partition coefficient (Wildman–Crippen LogP) is 0.286. The Morgan fingerprint density at radius 1 is 1.58 bits per heavy atom. The molecule has 0 bridgehead atoms. The predicted molar refractivity (Wildman–Crippen MR) is 71.4 cm³/mol. The molecule has 0 aromatic carbocycles. The fourth-order valence-corrected chi connectivity index (χ4v) is 1.94. The largest absolute Gasteiger partial charge is 0.384 e. The Bertz CT molecular complexity index is 452. The average molecular weight is 265 g/mol. The molecule has 1 aliphatic heterocycles. The Kier molecular flexibility index (Phi) is 4.51. The molecule has 4 N–H and O–H groups in total. The van der Waals surface area contributed by atoms with Crippen LogP contribution in [0.3, 0.4) is 0 Å². The summed E-state index contributed by atoms with van der Waals surface area (Å²) in [5, 5.41) is 5.90. The Balaban J connectivity index is 2.06. The third-order valence-electron chi connectivity index (χ3n) is 2.83. The van der Waals surface area contributed by atoms with E-state index in [9.17, 15) is 4.79 Å². The van der Waals surface area contributed by atoms with Gasteiger partial charge in [-0.25, -0.2) is 9.97 Å². The lowest BCUT2D eigenvalue weighted by Crippen LogP contribution is -2.44. The number of carbonyl (C=O) groups is 1. The molecule has 2 rings (SSSR count). The van der Waals surface area contributed by atoms with E-state index in [1.54, 1.807) is 6.07 Å². The molecular formula is C12H19N5O2. The maximum absolute atomic E-state index is 11.7. The number of nitrogen functional groups attached to an aromatic ring is 1. The molecule has 104 valence electrons. The highest BCUT2D eigenvalue weighted by molar-refractivity contribution is 5.85. The Hall–Kier alpha value is -1.89. The minimum Gasteiger partial charge on any atom is -0.384 e. The van der Waals surface area contributed by atoms with Crippen LogP contribution in [0.5, 0.6) is 0 Å². The number of aromatic nitrogens is 2. The molecule has 19 heavy (non-hydrogen) atoms. The maximum Gasteiger partial charge on any atom is 0.242 e. The van der Waals surface area contributed by atoms with Gasteiger partial charge in [-0.15, -0.1) is 0 Å². The quantitative estimate of drug-likeness (QED) is 0.707. The van der Waals surface area contributed by atoms with Gasteiger partial charge in [0, 0.05) is 19.2 Å². The van der Waals surface area contributed by atoms with E-state index < -0.39 is 0 Å². The van der Waals surface area contributed by atoms with Gasteiger partial charge in [-0.05, 0) is 19.8 Å². The van der Waals surface area contributed by atoms with Crippen LogP contribution in [-0.4, -0.2) is 35.1 Å². The first kappa shape index (κ1) is 13.5. The molecule has 0 saturated carbocycles. The first-order chi connectivity index (χ1) is 9.19. The summed E-state index contributed by atoms with van der Waals surface area (Å²) < 4.78 is 5.25. The van der Waals surface area contributed by atoms with Gasteiger partial charge in [0.05, 0.1) is 0 Å². The molecule has 2 heterocycles. The highest BCUT2D eigenvalue weighted by Crippen LogP contribution is 2.14. The van der Waals surface area contributed by atoms with Gasteiger partial charge >= 0.3 is 0 Å². The first-order valence-electron chi connectivity index (χ1n) is 6.44. The van der Waals surface area contributed by atoms with E-state index in [1.807, 2.05) is 6.92 Å². The number of anilines is 2. The highest BCUT2D eigenvalue weighted by Gasteiger charge is 2.22. The summed E-state index contributed by atoms with van der Waals surface area (Å²) >= 11 is 0. The zero-order valence-corrected chi connectivity index (χ0v) is 11.0. The van der Waals surface area contributed by atoms with Gasteiger partial charge in [-0.3, -0.25) is 4.79 Å². The topological polar surface area (TPSA) is 102 Å². The Morgan fingerprint density at radius 3 is 3.16 bits per heavy atom. The van der Waals surface area contributed by atoms with Crippen molar-refractivity contribution in [1.82, 2.24) is 15.3 Å². The molecule has 0 radical (unpaired) electrons. The zero-order valence-electron chi connectivity index (χ0n) is 11.0. The van der Waals surface area contributed by atoms with Gasteiger partial charge in [0.15, 0.2) is 5.82 Å². The minimum absolute atomic E-state index is 0.00482. The molecule has 1 unspecified atom stereocenters. The summed E-state index contributed by atoms with van der Waals surface area (Å²) in [5.74, 6) is 1.43. The second-order valence-electron chi connectivity index (χ2n) is 4.36. The molecule has 7 heteroatoms. The lowest BCUT2D eigenvalue weighted by Gasteiger charge is -2.23. The fraction of sp³-hybridized carbons (Fsp3) is 0.583. The number of hydrogen-bond acceptors (Lipinski definition) is 6. The molecule has 1 atom stereocenters. The third-order valence-corrected chi connectivity index (χ3v) is 2.83. The van der Waals surface area contributed by atoms with Crippen LogP contribution < -0.4 is 16.4 Å². The number of rotatable bonds is 5. The van der Waals surface area contributed by atoms with Crippen molar-refractivity contribution in [2.24, 2.45) is 0 Å².